The van der Waals surface area contributed by atoms with E-state index in [9.17, 15) is 0 Å². The molecule has 86 valence electrons. The lowest BCUT2D eigenvalue weighted by atomic mass is 10.0. The summed E-state index contributed by atoms with van der Waals surface area (Å²) in [6.45, 7) is 6.91. The molecule has 2 radical (unpaired) electrons. The van der Waals surface area contributed by atoms with Crippen LogP contribution >= 0.6 is 0 Å². The van der Waals surface area contributed by atoms with Gasteiger partial charge in [0.05, 0.1) is 6.10 Å². The third-order valence-corrected chi connectivity index (χ3v) is 2.40. The van der Waals surface area contributed by atoms with Gasteiger partial charge < -0.3 is 4.74 Å². The lowest BCUT2D eigenvalue weighted by Crippen LogP contribution is -1.99. The SMILES string of the molecule is CC(C)O[C]c1ccc(-c2ccccc2)cc1. The fourth-order valence-corrected chi connectivity index (χ4v) is 1.55. The number of benzene rings is 2. The minimum Gasteiger partial charge on any atom is -0.360 e. The van der Waals surface area contributed by atoms with E-state index in [0.717, 1.165) is 5.56 Å². The summed E-state index contributed by atoms with van der Waals surface area (Å²) in [5.74, 6) is 0. The second-order valence-corrected chi connectivity index (χ2v) is 4.21. The summed E-state index contributed by atoms with van der Waals surface area (Å²) < 4.78 is 5.32. The van der Waals surface area contributed by atoms with Crippen LogP contribution in [0.2, 0.25) is 0 Å². The molecule has 17 heavy (non-hydrogen) atoms. The molecule has 0 aliphatic rings. The Morgan fingerprint density at radius 1 is 0.824 bits per heavy atom. The summed E-state index contributed by atoms with van der Waals surface area (Å²) >= 11 is 0. The van der Waals surface area contributed by atoms with Gasteiger partial charge in [-0.3, -0.25) is 0 Å². The van der Waals surface area contributed by atoms with Gasteiger partial charge in [-0.1, -0.05) is 54.6 Å². The van der Waals surface area contributed by atoms with E-state index in [0.29, 0.717) is 0 Å². The summed E-state index contributed by atoms with van der Waals surface area (Å²) in [5, 5.41) is 0. The molecule has 0 heterocycles. The van der Waals surface area contributed by atoms with Gasteiger partial charge in [-0.2, -0.15) is 0 Å². The topological polar surface area (TPSA) is 9.23 Å². The molecule has 0 fully saturated rings. The van der Waals surface area contributed by atoms with Gasteiger partial charge in [-0.25, -0.2) is 0 Å². The fraction of sp³-hybridized carbons (Fsp3) is 0.188. The average molecular weight is 224 g/mol. The first-order valence-corrected chi connectivity index (χ1v) is 5.83. The number of ether oxygens (including phenoxy) is 1. The lowest BCUT2D eigenvalue weighted by molar-refractivity contribution is 0.147. The predicted molar refractivity (Wildman–Crippen MR) is 70.4 cm³/mol. The summed E-state index contributed by atoms with van der Waals surface area (Å²) in [6.07, 6.45) is 0.170. The average Bonchev–Trinajstić information content (AvgIpc) is 2.38. The van der Waals surface area contributed by atoms with E-state index in [2.05, 4.69) is 30.9 Å². The van der Waals surface area contributed by atoms with Crippen LogP contribution < -0.4 is 0 Å². The minimum atomic E-state index is 0.170. The molecule has 1 nitrogen and oxygen atoms in total. The van der Waals surface area contributed by atoms with E-state index in [1.807, 2.05) is 44.2 Å². The molecule has 2 rings (SSSR count). The highest BCUT2D eigenvalue weighted by Gasteiger charge is 2.00. The van der Waals surface area contributed by atoms with Crippen molar-refractivity contribution < 1.29 is 4.74 Å². The molecule has 2 aromatic carbocycles. The van der Waals surface area contributed by atoms with Gasteiger partial charge in [-0.15, -0.1) is 0 Å². The molecular formula is C16H16O. The standard InChI is InChI=1S/C16H16O/c1-13(2)17-12-14-8-10-16(11-9-14)15-6-4-3-5-7-15/h3-11,13H,1-2H3. The summed E-state index contributed by atoms with van der Waals surface area (Å²) in [5.41, 5.74) is 3.41. The van der Waals surface area contributed by atoms with Gasteiger partial charge in [-0.05, 0) is 30.5 Å². The number of hydrogen-bond acceptors (Lipinski definition) is 1. The second kappa shape index (κ2) is 5.65. The Bertz CT molecular complexity index is 443. The van der Waals surface area contributed by atoms with E-state index in [-0.39, 0.29) is 6.10 Å². The Morgan fingerprint density at radius 2 is 1.41 bits per heavy atom. The summed E-state index contributed by atoms with van der Waals surface area (Å²) in [4.78, 5) is 0. The van der Waals surface area contributed by atoms with Crippen LogP contribution in [0.4, 0.5) is 0 Å². The predicted octanol–water partition coefficient (Wildman–Crippen LogP) is 4.17. The van der Waals surface area contributed by atoms with E-state index < -0.39 is 0 Å². The van der Waals surface area contributed by atoms with Crippen LogP contribution in [0.15, 0.2) is 54.6 Å². The third kappa shape index (κ3) is 3.43. The van der Waals surface area contributed by atoms with Gasteiger partial charge in [0.1, 0.15) is 0 Å². The van der Waals surface area contributed by atoms with Crippen LogP contribution in [0.25, 0.3) is 11.1 Å². The van der Waals surface area contributed by atoms with Crippen molar-refractivity contribution in [1.82, 2.24) is 0 Å². The Labute approximate surface area is 103 Å². The van der Waals surface area contributed by atoms with Crippen molar-refractivity contribution >= 4 is 0 Å². The molecule has 0 aromatic heterocycles. The molecule has 0 N–H and O–H groups in total. The van der Waals surface area contributed by atoms with E-state index in [1.165, 1.54) is 11.1 Å². The van der Waals surface area contributed by atoms with Gasteiger partial charge in [0, 0.05) is 0 Å². The van der Waals surface area contributed by atoms with Crippen molar-refractivity contribution in [3.05, 3.63) is 66.8 Å². The first-order valence-electron chi connectivity index (χ1n) is 5.83. The Balaban J connectivity index is 2.08. The number of rotatable bonds is 4. The molecule has 0 spiro atoms. The van der Waals surface area contributed by atoms with Crippen molar-refractivity contribution in [2.75, 3.05) is 0 Å². The normalized spacial score (nSPS) is 10.8. The maximum atomic E-state index is 5.32. The highest BCUT2D eigenvalue weighted by atomic mass is 16.5. The molecule has 0 saturated carbocycles. The van der Waals surface area contributed by atoms with Crippen LogP contribution in [0.5, 0.6) is 0 Å². The largest absolute Gasteiger partial charge is 0.360 e. The van der Waals surface area contributed by atoms with Crippen molar-refractivity contribution in [2.45, 2.75) is 20.0 Å². The van der Waals surface area contributed by atoms with E-state index in [1.54, 1.807) is 0 Å². The molecular weight excluding hydrogens is 208 g/mol. The highest BCUT2D eigenvalue weighted by Crippen LogP contribution is 2.19. The van der Waals surface area contributed by atoms with E-state index >= 15 is 0 Å². The molecule has 0 amide bonds. The van der Waals surface area contributed by atoms with E-state index in [4.69, 9.17) is 4.74 Å². The molecule has 1 heteroatoms. The lowest BCUT2D eigenvalue weighted by Gasteiger charge is -2.06. The zero-order chi connectivity index (χ0) is 12.1. The van der Waals surface area contributed by atoms with Crippen LogP contribution in [0.1, 0.15) is 19.4 Å². The maximum absolute atomic E-state index is 5.32. The molecule has 0 bridgehead atoms. The highest BCUT2D eigenvalue weighted by molar-refractivity contribution is 5.63. The molecule has 0 aliphatic carbocycles. The second-order valence-electron chi connectivity index (χ2n) is 4.21. The fourth-order valence-electron chi connectivity index (χ4n) is 1.55. The van der Waals surface area contributed by atoms with Gasteiger partial charge >= 0.3 is 0 Å². The van der Waals surface area contributed by atoms with Crippen molar-refractivity contribution in [3.8, 4) is 11.1 Å². The Hall–Kier alpha value is -1.60. The molecule has 0 unspecified atom stereocenters. The molecule has 2 aromatic rings. The van der Waals surface area contributed by atoms with Gasteiger partial charge in [0.25, 0.3) is 0 Å². The monoisotopic (exact) mass is 224 g/mol. The zero-order valence-corrected chi connectivity index (χ0v) is 10.2. The Kier molecular flexibility index (Phi) is 3.94. The van der Waals surface area contributed by atoms with Crippen LogP contribution in [0.3, 0.4) is 0 Å². The number of hydrogen-bond donors (Lipinski definition) is 0. The first-order chi connectivity index (χ1) is 8.25. The first kappa shape index (κ1) is 11.9. The van der Waals surface area contributed by atoms with Crippen LogP contribution in [0, 0.1) is 6.61 Å². The molecule has 0 saturated heterocycles. The van der Waals surface area contributed by atoms with Gasteiger partial charge in [0.2, 0.25) is 0 Å². The van der Waals surface area contributed by atoms with Crippen LogP contribution in [-0.2, 0) is 4.74 Å². The van der Waals surface area contributed by atoms with Crippen molar-refractivity contribution in [1.29, 1.82) is 0 Å². The zero-order valence-electron chi connectivity index (χ0n) is 10.2. The van der Waals surface area contributed by atoms with Crippen molar-refractivity contribution in [2.24, 2.45) is 0 Å². The summed E-state index contributed by atoms with van der Waals surface area (Å²) in [6, 6.07) is 18.5. The van der Waals surface area contributed by atoms with Crippen molar-refractivity contribution in [3.63, 3.8) is 0 Å². The minimum absolute atomic E-state index is 0.170. The molecule has 0 aliphatic heterocycles. The quantitative estimate of drug-likeness (QED) is 0.757. The third-order valence-electron chi connectivity index (χ3n) is 2.40. The summed E-state index contributed by atoms with van der Waals surface area (Å²) in [7, 11) is 0. The maximum Gasteiger partial charge on any atom is 0.166 e. The smallest absolute Gasteiger partial charge is 0.166 e. The van der Waals surface area contributed by atoms with Gasteiger partial charge in [0.15, 0.2) is 6.61 Å². The molecule has 0 atom stereocenters. The Morgan fingerprint density at radius 3 is 2.00 bits per heavy atom. The van der Waals surface area contributed by atoms with Crippen LogP contribution in [-0.4, -0.2) is 6.10 Å².